The standard InChI is InChI=1S/C36H38N6O9/c1-48-25-7-2-22(3-8-25)20-41-33(44)21-50-29-11-12-31(39-34(29)41)42-27-10-6-24(18-30(27)51-36(42)47)37-14-16-40-28-19-26(49-17-15-38-35(45)46)9-4-23(28)5-13-32(40)43/h2-5,7-9,11-13,19,24,27,30,37-38H,6,10,14-18,20-21H2,1H3,(H,45,46)/t24-,27-,30-/m1/s1. The Balaban J connectivity index is 0.989. The summed E-state index contributed by atoms with van der Waals surface area (Å²) in [4.78, 5) is 57.7. The summed E-state index contributed by atoms with van der Waals surface area (Å²) in [5.41, 5.74) is 1.46. The molecule has 2 aromatic heterocycles. The molecule has 3 atom stereocenters. The lowest BCUT2D eigenvalue weighted by Gasteiger charge is -2.34. The number of carbonyl (C=O) groups is 3. The van der Waals surface area contributed by atoms with Crippen LogP contribution in [0.15, 0.2) is 71.5 Å². The fourth-order valence-corrected chi connectivity index (χ4v) is 6.88. The molecule has 1 aliphatic carbocycles. The summed E-state index contributed by atoms with van der Waals surface area (Å²) < 4.78 is 24.1. The Labute approximate surface area is 292 Å². The second kappa shape index (κ2) is 14.6. The fraction of sp³-hybridized carbons (Fsp3) is 0.361. The molecule has 3 N–H and O–H groups in total. The van der Waals surface area contributed by atoms with Gasteiger partial charge in [-0.15, -0.1) is 0 Å². The van der Waals surface area contributed by atoms with Gasteiger partial charge in [-0.1, -0.05) is 12.1 Å². The third-order valence-electron chi connectivity index (χ3n) is 9.40. The number of hydrogen-bond acceptors (Lipinski definition) is 10. The molecule has 15 nitrogen and oxygen atoms in total. The van der Waals surface area contributed by atoms with Crippen molar-refractivity contribution in [1.82, 2.24) is 20.2 Å². The number of hydrogen-bond donors (Lipinski definition) is 3. The zero-order valence-corrected chi connectivity index (χ0v) is 27.9. The first-order valence-corrected chi connectivity index (χ1v) is 16.8. The van der Waals surface area contributed by atoms with E-state index >= 15 is 0 Å². The molecule has 0 bridgehead atoms. The number of rotatable bonds is 12. The van der Waals surface area contributed by atoms with Gasteiger partial charge in [0.05, 0.1) is 31.8 Å². The lowest BCUT2D eigenvalue weighted by Crippen LogP contribution is -2.47. The van der Waals surface area contributed by atoms with E-state index < -0.39 is 12.2 Å². The predicted molar refractivity (Wildman–Crippen MR) is 186 cm³/mol. The topological polar surface area (TPSA) is 174 Å². The number of amides is 3. The predicted octanol–water partition coefficient (Wildman–Crippen LogP) is 3.51. The quantitative estimate of drug-likeness (QED) is 0.185. The molecule has 0 unspecified atom stereocenters. The molecule has 3 aliphatic rings. The maximum Gasteiger partial charge on any atom is 0.416 e. The van der Waals surface area contributed by atoms with Gasteiger partial charge in [0.1, 0.15) is 30.0 Å². The normalized spacial score (nSPS) is 19.6. The summed E-state index contributed by atoms with van der Waals surface area (Å²) in [6, 6.07) is 19.5. The number of nitrogens with one attached hydrogen (secondary N) is 2. The lowest BCUT2D eigenvalue weighted by molar-refractivity contribution is -0.121. The molecule has 2 fully saturated rings. The van der Waals surface area contributed by atoms with Gasteiger partial charge in [0.2, 0.25) is 0 Å². The number of aromatic nitrogens is 2. The highest BCUT2D eigenvalue weighted by atomic mass is 16.6. The summed E-state index contributed by atoms with van der Waals surface area (Å²) in [6.45, 7) is 1.39. The summed E-state index contributed by atoms with van der Waals surface area (Å²) in [6.07, 6.45) is 0.0772. The number of ether oxygens (including phenoxy) is 4. The molecule has 3 amide bonds. The van der Waals surface area contributed by atoms with Crippen LogP contribution in [0, 0.1) is 0 Å². The second-order valence-corrected chi connectivity index (χ2v) is 12.6. The van der Waals surface area contributed by atoms with Crippen molar-refractivity contribution >= 4 is 40.6 Å². The molecular weight excluding hydrogens is 660 g/mol. The van der Waals surface area contributed by atoms with Crippen LogP contribution >= 0.6 is 0 Å². The van der Waals surface area contributed by atoms with E-state index in [2.05, 4.69) is 10.6 Å². The van der Waals surface area contributed by atoms with Crippen molar-refractivity contribution in [3.05, 3.63) is 82.6 Å². The van der Waals surface area contributed by atoms with E-state index in [0.29, 0.717) is 60.3 Å². The molecule has 2 aliphatic heterocycles. The van der Waals surface area contributed by atoms with Gasteiger partial charge >= 0.3 is 12.2 Å². The maximum atomic E-state index is 13.3. The number of methoxy groups -OCH3 is 1. The van der Waals surface area contributed by atoms with E-state index in [1.807, 2.05) is 30.3 Å². The summed E-state index contributed by atoms with van der Waals surface area (Å²) >= 11 is 0. The average molecular weight is 699 g/mol. The smallest absolute Gasteiger partial charge is 0.416 e. The van der Waals surface area contributed by atoms with Gasteiger partial charge < -0.3 is 39.3 Å². The minimum absolute atomic E-state index is 0.0628. The molecule has 4 heterocycles. The Morgan fingerprint density at radius 3 is 2.61 bits per heavy atom. The maximum absolute atomic E-state index is 13.3. The van der Waals surface area contributed by atoms with Gasteiger partial charge in [0.15, 0.2) is 18.2 Å². The van der Waals surface area contributed by atoms with Crippen LogP contribution in [0.3, 0.4) is 0 Å². The lowest BCUT2D eigenvalue weighted by atomic mass is 9.88. The van der Waals surface area contributed by atoms with Gasteiger partial charge in [-0.2, -0.15) is 0 Å². The number of carbonyl (C=O) groups excluding carboxylic acids is 2. The SMILES string of the molecule is COc1ccc(CN2C(=O)COc3ccc(N4C(=O)O[C@@H]5C[C@H](NCCn6c(=O)ccc7ccc(OCCNC(=O)O)cc76)CC[C@H]54)nc32)cc1. The highest BCUT2D eigenvalue weighted by Gasteiger charge is 2.47. The van der Waals surface area contributed by atoms with Gasteiger partial charge in [-0.25, -0.2) is 14.6 Å². The number of benzene rings is 2. The molecule has 4 aromatic rings. The van der Waals surface area contributed by atoms with E-state index in [9.17, 15) is 19.2 Å². The monoisotopic (exact) mass is 698 g/mol. The zero-order chi connectivity index (χ0) is 35.5. The van der Waals surface area contributed by atoms with Crippen molar-refractivity contribution in [2.45, 2.75) is 50.5 Å². The zero-order valence-electron chi connectivity index (χ0n) is 27.9. The molecule has 15 heteroatoms. The van der Waals surface area contributed by atoms with Crippen molar-refractivity contribution in [3.63, 3.8) is 0 Å². The molecule has 51 heavy (non-hydrogen) atoms. The largest absolute Gasteiger partial charge is 0.497 e. The molecule has 7 rings (SSSR count). The number of nitrogens with zero attached hydrogens (tertiary/aromatic N) is 4. The fourth-order valence-electron chi connectivity index (χ4n) is 6.88. The van der Waals surface area contributed by atoms with Crippen molar-refractivity contribution in [1.29, 1.82) is 0 Å². The van der Waals surface area contributed by atoms with E-state index in [-0.39, 0.29) is 56.0 Å². The highest BCUT2D eigenvalue weighted by Crippen LogP contribution is 2.39. The highest BCUT2D eigenvalue weighted by molar-refractivity contribution is 5.97. The summed E-state index contributed by atoms with van der Waals surface area (Å²) in [5, 5.41) is 15.4. The van der Waals surface area contributed by atoms with Crippen LogP contribution in [-0.2, 0) is 22.6 Å². The minimum Gasteiger partial charge on any atom is -0.497 e. The molecule has 1 saturated carbocycles. The second-order valence-electron chi connectivity index (χ2n) is 12.6. The van der Waals surface area contributed by atoms with Crippen LogP contribution in [0.2, 0.25) is 0 Å². The van der Waals surface area contributed by atoms with Gasteiger partial charge in [0, 0.05) is 37.7 Å². The number of carboxylic acid groups (broad SMARTS) is 1. The summed E-state index contributed by atoms with van der Waals surface area (Å²) in [7, 11) is 1.60. The molecular formula is C36H38N6O9. The Bertz CT molecular complexity index is 2000. The van der Waals surface area contributed by atoms with Crippen molar-refractivity contribution < 1.29 is 38.4 Å². The van der Waals surface area contributed by atoms with Crippen LogP contribution in [0.5, 0.6) is 17.2 Å². The Morgan fingerprint density at radius 2 is 1.80 bits per heavy atom. The third-order valence-corrected chi connectivity index (χ3v) is 9.40. The Hall–Kier alpha value is -5.83. The summed E-state index contributed by atoms with van der Waals surface area (Å²) in [5.74, 6) is 2.22. The number of anilines is 2. The van der Waals surface area contributed by atoms with Crippen LogP contribution in [0.25, 0.3) is 10.9 Å². The van der Waals surface area contributed by atoms with E-state index in [1.165, 1.54) is 6.07 Å². The van der Waals surface area contributed by atoms with Crippen molar-refractivity contribution in [2.75, 3.05) is 43.2 Å². The molecule has 2 aromatic carbocycles. The number of pyridine rings is 2. The molecule has 0 spiro atoms. The van der Waals surface area contributed by atoms with E-state index in [0.717, 1.165) is 17.4 Å². The van der Waals surface area contributed by atoms with Gasteiger partial charge in [-0.05, 0) is 66.3 Å². The van der Waals surface area contributed by atoms with Crippen LogP contribution in [0.1, 0.15) is 24.8 Å². The third kappa shape index (κ3) is 7.24. The van der Waals surface area contributed by atoms with Gasteiger partial charge in [0.25, 0.3) is 11.5 Å². The van der Waals surface area contributed by atoms with Crippen molar-refractivity contribution in [3.8, 4) is 17.2 Å². The Morgan fingerprint density at radius 1 is 1.00 bits per heavy atom. The van der Waals surface area contributed by atoms with E-state index in [4.69, 9.17) is 29.0 Å². The van der Waals surface area contributed by atoms with Gasteiger partial charge in [-0.3, -0.25) is 19.4 Å². The van der Waals surface area contributed by atoms with Crippen LogP contribution in [-0.4, -0.2) is 84.4 Å². The molecule has 0 radical (unpaired) electrons. The minimum atomic E-state index is -1.12. The molecule has 1 saturated heterocycles. The molecule has 266 valence electrons. The van der Waals surface area contributed by atoms with Crippen molar-refractivity contribution in [2.24, 2.45) is 0 Å². The average Bonchev–Trinajstić information content (AvgIpc) is 3.47. The van der Waals surface area contributed by atoms with Crippen LogP contribution < -0.4 is 40.2 Å². The first-order valence-electron chi connectivity index (χ1n) is 16.8. The number of fused-ring (bicyclic) bond motifs is 3. The van der Waals surface area contributed by atoms with E-state index in [1.54, 1.807) is 51.8 Å². The van der Waals surface area contributed by atoms with Crippen LogP contribution in [0.4, 0.5) is 21.2 Å². The Kier molecular flexibility index (Phi) is 9.61. The first kappa shape index (κ1) is 33.7. The first-order chi connectivity index (χ1) is 24.8.